The number of para-hydroxylation sites is 1. The van der Waals surface area contributed by atoms with Gasteiger partial charge in [-0.25, -0.2) is 0 Å². The first-order valence-corrected chi connectivity index (χ1v) is 9.95. The summed E-state index contributed by atoms with van der Waals surface area (Å²) in [6.45, 7) is 3.49. The molecule has 0 aliphatic heterocycles. The molecule has 1 atom stereocenters. The van der Waals surface area contributed by atoms with E-state index in [1.165, 1.54) is 5.70 Å². The van der Waals surface area contributed by atoms with Gasteiger partial charge in [-0.3, -0.25) is 9.48 Å². The standard InChI is InChI=1S/C22H27N5O/c1-3-27(22(28)21-11-17-7-4-5-10-20(17)25-21)19-9-6-8-18(12-19)23-13-16-14-24-26(2)15-16/h4-5,7,10-12,14-15,19,23,25H,3,6,8-9,13H2,1-2H3/t19-/m0/s1. The second kappa shape index (κ2) is 7.92. The van der Waals surface area contributed by atoms with Crippen molar-refractivity contribution in [1.82, 2.24) is 25.0 Å². The lowest BCUT2D eigenvalue weighted by Gasteiger charge is -2.32. The van der Waals surface area contributed by atoms with E-state index in [2.05, 4.69) is 21.5 Å². The lowest BCUT2D eigenvalue weighted by atomic mass is 9.98. The van der Waals surface area contributed by atoms with E-state index in [4.69, 9.17) is 0 Å². The number of aryl methyl sites for hydroxylation is 1. The van der Waals surface area contributed by atoms with Crippen LogP contribution in [0, 0.1) is 0 Å². The van der Waals surface area contributed by atoms with Gasteiger partial charge in [-0.1, -0.05) is 18.2 Å². The maximum atomic E-state index is 13.2. The van der Waals surface area contributed by atoms with Crippen LogP contribution in [0.1, 0.15) is 42.2 Å². The zero-order chi connectivity index (χ0) is 19.5. The number of benzene rings is 1. The van der Waals surface area contributed by atoms with Gasteiger partial charge in [0.25, 0.3) is 5.91 Å². The summed E-state index contributed by atoms with van der Waals surface area (Å²) in [5, 5.41) is 8.80. The number of aromatic amines is 1. The summed E-state index contributed by atoms with van der Waals surface area (Å²) in [4.78, 5) is 18.4. The van der Waals surface area contributed by atoms with Crippen molar-refractivity contribution in [2.24, 2.45) is 7.05 Å². The highest BCUT2D eigenvalue weighted by atomic mass is 16.2. The van der Waals surface area contributed by atoms with Crippen molar-refractivity contribution in [3.8, 4) is 0 Å². The van der Waals surface area contributed by atoms with Crippen molar-refractivity contribution >= 4 is 16.8 Å². The molecule has 6 heteroatoms. The smallest absolute Gasteiger partial charge is 0.270 e. The van der Waals surface area contributed by atoms with Gasteiger partial charge in [-0.05, 0) is 44.4 Å². The number of likely N-dealkylation sites (N-methyl/N-ethyl adjacent to an activating group) is 1. The number of H-pyrrole nitrogens is 1. The maximum absolute atomic E-state index is 13.2. The summed E-state index contributed by atoms with van der Waals surface area (Å²) in [6.07, 6.45) is 9.22. The number of hydrogen-bond acceptors (Lipinski definition) is 3. The molecule has 1 aliphatic carbocycles. The van der Waals surface area contributed by atoms with Gasteiger partial charge in [-0.2, -0.15) is 5.10 Å². The Kier molecular flexibility index (Phi) is 5.19. The Morgan fingerprint density at radius 3 is 3.00 bits per heavy atom. The molecule has 0 spiro atoms. The van der Waals surface area contributed by atoms with Gasteiger partial charge in [-0.15, -0.1) is 0 Å². The minimum Gasteiger partial charge on any atom is -0.384 e. The zero-order valence-electron chi connectivity index (χ0n) is 16.5. The van der Waals surface area contributed by atoms with Crippen LogP contribution in [0.15, 0.2) is 54.5 Å². The molecule has 2 heterocycles. The summed E-state index contributed by atoms with van der Waals surface area (Å²) >= 11 is 0. The molecule has 146 valence electrons. The Morgan fingerprint density at radius 1 is 1.39 bits per heavy atom. The van der Waals surface area contributed by atoms with Crippen LogP contribution in [0.3, 0.4) is 0 Å². The van der Waals surface area contributed by atoms with Gasteiger partial charge in [0, 0.05) is 48.5 Å². The van der Waals surface area contributed by atoms with Crippen LogP contribution in [-0.2, 0) is 13.6 Å². The average Bonchev–Trinajstić information content (AvgIpc) is 3.33. The van der Waals surface area contributed by atoms with Crippen molar-refractivity contribution < 1.29 is 4.79 Å². The number of amides is 1. The fourth-order valence-corrected chi connectivity index (χ4v) is 3.94. The first-order chi connectivity index (χ1) is 13.6. The van der Waals surface area contributed by atoms with Crippen molar-refractivity contribution in [2.75, 3.05) is 6.54 Å². The molecule has 6 nitrogen and oxygen atoms in total. The molecule has 4 rings (SSSR count). The topological polar surface area (TPSA) is 66.0 Å². The number of carbonyl (C=O) groups excluding carboxylic acids is 1. The third-order valence-electron chi connectivity index (χ3n) is 5.38. The van der Waals surface area contributed by atoms with Gasteiger partial charge in [0.2, 0.25) is 0 Å². The van der Waals surface area contributed by atoms with E-state index in [-0.39, 0.29) is 11.9 Å². The number of nitrogens with zero attached hydrogens (tertiary/aromatic N) is 3. The third-order valence-corrected chi connectivity index (χ3v) is 5.38. The fourth-order valence-electron chi connectivity index (χ4n) is 3.94. The van der Waals surface area contributed by atoms with Gasteiger partial charge in [0.05, 0.1) is 12.2 Å². The summed E-state index contributed by atoms with van der Waals surface area (Å²) in [5.74, 6) is 0.0634. The van der Waals surface area contributed by atoms with E-state index in [0.29, 0.717) is 12.2 Å². The van der Waals surface area contributed by atoms with Crippen LogP contribution in [0.4, 0.5) is 0 Å². The predicted octanol–water partition coefficient (Wildman–Crippen LogP) is 3.59. The van der Waals surface area contributed by atoms with Crippen LogP contribution in [0.25, 0.3) is 10.9 Å². The quantitative estimate of drug-likeness (QED) is 0.690. The maximum Gasteiger partial charge on any atom is 0.270 e. The van der Waals surface area contributed by atoms with Crippen molar-refractivity contribution in [3.05, 3.63) is 65.8 Å². The normalized spacial score (nSPS) is 16.8. The molecule has 2 aromatic heterocycles. The van der Waals surface area contributed by atoms with E-state index in [0.717, 1.165) is 42.3 Å². The first kappa shape index (κ1) is 18.3. The summed E-state index contributed by atoms with van der Waals surface area (Å²) in [6, 6.07) is 10.1. The minimum atomic E-state index is 0.0634. The van der Waals surface area contributed by atoms with Gasteiger partial charge in [0.15, 0.2) is 0 Å². The van der Waals surface area contributed by atoms with Crippen molar-refractivity contribution in [1.29, 1.82) is 0 Å². The summed E-state index contributed by atoms with van der Waals surface area (Å²) in [5.41, 5.74) is 4.03. The fraction of sp³-hybridized carbons (Fsp3) is 0.364. The van der Waals surface area contributed by atoms with Gasteiger partial charge in [0.1, 0.15) is 5.69 Å². The van der Waals surface area contributed by atoms with E-state index in [1.807, 2.05) is 66.3 Å². The van der Waals surface area contributed by atoms with Crippen LogP contribution in [-0.4, -0.2) is 38.2 Å². The van der Waals surface area contributed by atoms with Crippen LogP contribution in [0.2, 0.25) is 0 Å². The highest BCUT2D eigenvalue weighted by Crippen LogP contribution is 2.23. The number of nitrogens with one attached hydrogen (secondary N) is 2. The molecule has 28 heavy (non-hydrogen) atoms. The number of carbonyl (C=O) groups is 1. The molecule has 1 aliphatic rings. The molecule has 1 amide bonds. The Hall–Kier alpha value is -3.02. The highest BCUT2D eigenvalue weighted by Gasteiger charge is 2.25. The predicted molar refractivity (Wildman–Crippen MR) is 111 cm³/mol. The second-order valence-electron chi connectivity index (χ2n) is 7.39. The second-order valence-corrected chi connectivity index (χ2v) is 7.39. The van der Waals surface area contributed by atoms with Crippen LogP contribution >= 0.6 is 0 Å². The Balaban J connectivity index is 1.48. The van der Waals surface area contributed by atoms with Crippen molar-refractivity contribution in [3.63, 3.8) is 0 Å². The molecule has 3 aromatic rings. The Morgan fingerprint density at radius 2 is 2.25 bits per heavy atom. The van der Waals surface area contributed by atoms with Crippen LogP contribution in [0.5, 0.6) is 0 Å². The summed E-state index contributed by atoms with van der Waals surface area (Å²) in [7, 11) is 1.92. The largest absolute Gasteiger partial charge is 0.384 e. The number of hydrogen-bond donors (Lipinski definition) is 2. The number of fused-ring (bicyclic) bond motifs is 1. The van der Waals surface area contributed by atoms with Gasteiger partial charge >= 0.3 is 0 Å². The van der Waals surface area contributed by atoms with E-state index in [9.17, 15) is 4.79 Å². The third kappa shape index (κ3) is 3.81. The minimum absolute atomic E-state index is 0.0634. The molecular weight excluding hydrogens is 350 g/mol. The average molecular weight is 377 g/mol. The van der Waals surface area contributed by atoms with E-state index >= 15 is 0 Å². The Bertz CT molecular complexity index is 966. The zero-order valence-corrected chi connectivity index (χ0v) is 16.5. The SMILES string of the molecule is CCN(C(=O)c1cc2ccccc2[nH]1)[C@@H]1C=C(NCc2cnn(C)c2)CCC1. The lowest BCUT2D eigenvalue weighted by molar-refractivity contribution is 0.0706. The first-order valence-electron chi connectivity index (χ1n) is 9.95. The molecule has 0 bridgehead atoms. The molecule has 0 unspecified atom stereocenters. The number of allylic oxidation sites excluding steroid dienone is 1. The van der Waals surface area contributed by atoms with Gasteiger partial charge < -0.3 is 15.2 Å². The monoisotopic (exact) mass is 377 g/mol. The molecule has 0 fully saturated rings. The number of rotatable bonds is 6. The molecule has 0 radical (unpaired) electrons. The highest BCUT2D eigenvalue weighted by molar-refractivity contribution is 5.98. The van der Waals surface area contributed by atoms with E-state index in [1.54, 1.807) is 0 Å². The molecule has 2 N–H and O–H groups in total. The summed E-state index contributed by atoms with van der Waals surface area (Å²) < 4.78 is 1.81. The van der Waals surface area contributed by atoms with Crippen molar-refractivity contribution in [2.45, 2.75) is 38.8 Å². The Labute approximate surface area is 165 Å². The lowest BCUT2D eigenvalue weighted by Crippen LogP contribution is -2.41. The molecule has 0 saturated carbocycles. The molecule has 0 saturated heterocycles. The number of aromatic nitrogens is 3. The van der Waals surface area contributed by atoms with E-state index < -0.39 is 0 Å². The molecular formula is C22H27N5O. The molecule has 1 aromatic carbocycles. The van der Waals surface area contributed by atoms with Crippen LogP contribution < -0.4 is 5.32 Å².